The summed E-state index contributed by atoms with van der Waals surface area (Å²) in [6.07, 6.45) is 1.24. The van der Waals surface area contributed by atoms with Crippen molar-refractivity contribution in [3.63, 3.8) is 0 Å². The average molecular weight is 424 g/mol. The zero-order valence-corrected chi connectivity index (χ0v) is 17.9. The summed E-state index contributed by atoms with van der Waals surface area (Å²) in [5, 5.41) is 19.0. The third-order valence-corrected chi connectivity index (χ3v) is 5.54. The summed E-state index contributed by atoms with van der Waals surface area (Å²) >= 11 is 1.04. The average Bonchev–Trinajstić information content (AvgIpc) is 3.06. The fourth-order valence-electron chi connectivity index (χ4n) is 2.76. The third kappa shape index (κ3) is 4.86. The predicted molar refractivity (Wildman–Crippen MR) is 112 cm³/mol. The quantitative estimate of drug-likeness (QED) is 0.360. The van der Waals surface area contributed by atoms with Gasteiger partial charge in [-0.15, -0.1) is 11.3 Å². The molecule has 0 unspecified atom stereocenters. The molecule has 1 aromatic heterocycles. The Balaban J connectivity index is 2.40. The van der Waals surface area contributed by atoms with E-state index in [1.54, 1.807) is 32.0 Å². The number of benzene rings is 1. The van der Waals surface area contributed by atoms with E-state index in [1.807, 2.05) is 12.1 Å². The van der Waals surface area contributed by atoms with Crippen molar-refractivity contribution in [3.8, 4) is 23.6 Å². The summed E-state index contributed by atoms with van der Waals surface area (Å²) in [5.74, 6) is 0.0139. The lowest BCUT2D eigenvalue weighted by atomic mass is 10.0. The number of rotatable bonds is 8. The Bertz CT molecular complexity index is 1090. The summed E-state index contributed by atoms with van der Waals surface area (Å²) < 4.78 is 15.5. The van der Waals surface area contributed by atoms with Crippen LogP contribution in [0.2, 0.25) is 0 Å². The van der Waals surface area contributed by atoms with Gasteiger partial charge in [0.2, 0.25) is 0 Å². The van der Waals surface area contributed by atoms with Crippen molar-refractivity contribution >= 4 is 29.2 Å². The van der Waals surface area contributed by atoms with Crippen molar-refractivity contribution in [2.45, 2.75) is 20.3 Å². The van der Waals surface area contributed by atoms with Crippen LogP contribution >= 0.6 is 11.3 Å². The van der Waals surface area contributed by atoms with Gasteiger partial charge >= 0.3 is 5.97 Å². The van der Waals surface area contributed by atoms with E-state index >= 15 is 0 Å². The molecule has 0 radical (unpaired) electrons. The summed E-state index contributed by atoms with van der Waals surface area (Å²) in [6.45, 7) is 3.53. The molecule has 2 aromatic rings. The molecule has 0 aliphatic heterocycles. The highest BCUT2D eigenvalue weighted by molar-refractivity contribution is 7.14. The molecule has 7 nitrogen and oxygen atoms in total. The van der Waals surface area contributed by atoms with Crippen LogP contribution in [0.5, 0.6) is 11.5 Å². The van der Waals surface area contributed by atoms with E-state index in [4.69, 9.17) is 14.2 Å². The summed E-state index contributed by atoms with van der Waals surface area (Å²) in [6, 6.07) is 8.97. The second kappa shape index (κ2) is 10.2. The monoisotopic (exact) mass is 424 g/mol. The Labute approximate surface area is 178 Å². The van der Waals surface area contributed by atoms with Gasteiger partial charge in [-0.25, -0.2) is 4.79 Å². The molecule has 30 heavy (non-hydrogen) atoms. The van der Waals surface area contributed by atoms with E-state index in [-0.39, 0.29) is 29.0 Å². The highest BCUT2D eigenvalue weighted by atomic mass is 32.1. The van der Waals surface area contributed by atoms with Gasteiger partial charge in [-0.2, -0.15) is 10.5 Å². The smallest absolute Gasteiger partial charge is 0.348 e. The number of thiophene rings is 1. The van der Waals surface area contributed by atoms with Gasteiger partial charge in [0.1, 0.15) is 28.5 Å². The van der Waals surface area contributed by atoms with Crippen LogP contribution in [0.4, 0.5) is 0 Å². The Morgan fingerprint density at radius 2 is 1.93 bits per heavy atom. The van der Waals surface area contributed by atoms with Crippen LogP contribution in [0, 0.1) is 29.6 Å². The molecule has 0 aliphatic carbocycles. The predicted octanol–water partition coefficient (Wildman–Crippen LogP) is 3.84. The van der Waals surface area contributed by atoms with Gasteiger partial charge < -0.3 is 14.2 Å². The maximum Gasteiger partial charge on any atom is 0.348 e. The van der Waals surface area contributed by atoms with E-state index in [9.17, 15) is 20.1 Å². The van der Waals surface area contributed by atoms with Crippen LogP contribution in [0.1, 0.15) is 38.2 Å². The number of ketones is 1. The van der Waals surface area contributed by atoms with Crippen molar-refractivity contribution in [2.75, 3.05) is 20.8 Å². The van der Waals surface area contributed by atoms with Crippen molar-refractivity contribution in [1.29, 1.82) is 10.5 Å². The van der Waals surface area contributed by atoms with Crippen LogP contribution in [-0.2, 0) is 16.0 Å². The van der Waals surface area contributed by atoms with Crippen molar-refractivity contribution in [2.24, 2.45) is 0 Å². The number of ether oxygens (including phenoxy) is 3. The molecule has 0 aliphatic rings. The number of hydrogen-bond acceptors (Lipinski definition) is 8. The van der Waals surface area contributed by atoms with E-state index in [0.717, 1.165) is 11.3 Å². The Hall–Kier alpha value is -3.62. The highest BCUT2D eigenvalue weighted by Gasteiger charge is 2.23. The Morgan fingerprint density at radius 1 is 1.20 bits per heavy atom. The molecular weight excluding hydrogens is 404 g/mol. The first-order chi connectivity index (χ1) is 14.4. The molecule has 1 aromatic carbocycles. The molecule has 1 heterocycles. The molecule has 2 rings (SSSR count). The summed E-state index contributed by atoms with van der Waals surface area (Å²) in [7, 11) is 2.99. The van der Waals surface area contributed by atoms with E-state index < -0.39 is 11.8 Å². The number of carbonyl (C=O) groups is 2. The number of carbonyl (C=O) groups excluding carboxylic acids is 2. The van der Waals surface area contributed by atoms with Gasteiger partial charge in [-0.1, -0.05) is 0 Å². The lowest BCUT2D eigenvalue weighted by Gasteiger charge is -2.08. The molecule has 0 bridgehead atoms. The van der Waals surface area contributed by atoms with Crippen LogP contribution in [0.15, 0.2) is 23.8 Å². The SMILES string of the molecule is CCOC(=O)c1sc(CC(=O)/C(C#N)=C/c2cc(OC)ccc2OC)c(C#N)c1C. The van der Waals surface area contributed by atoms with Crippen molar-refractivity contribution < 1.29 is 23.8 Å². The standard InChI is InChI=1S/C22H20N2O5S/c1-5-29-22(26)21-13(2)17(12-24)20(30-21)10-18(25)15(11-23)8-14-9-16(27-3)6-7-19(14)28-4/h6-9H,5,10H2,1-4H3/b15-8+. The summed E-state index contributed by atoms with van der Waals surface area (Å²) in [5.41, 5.74) is 1.14. The first-order valence-electron chi connectivity index (χ1n) is 8.96. The zero-order valence-electron chi connectivity index (χ0n) is 17.1. The number of esters is 1. The fourth-order valence-corrected chi connectivity index (χ4v) is 3.91. The molecule has 0 saturated carbocycles. The largest absolute Gasteiger partial charge is 0.497 e. The number of allylic oxidation sites excluding steroid dienone is 1. The second-order valence-corrected chi connectivity index (χ2v) is 7.17. The minimum atomic E-state index is -0.535. The van der Waals surface area contributed by atoms with E-state index in [1.165, 1.54) is 20.3 Å². The molecular formula is C22H20N2O5S. The lowest BCUT2D eigenvalue weighted by molar-refractivity contribution is -0.114. The van der Waals surface area contributed by atoms with Crippen LogP contribution in [0.25, 0.3) is 6.08 Å². The first kappa shape index (κ1) is 22.7. The zero-order chi connectivity index (χ0) is 22.3. The molecule has 0 atom stereocenters. The minimum Gasteiger partial charge on any atom is -0.497 e. The van der Waals surface area contributed by atoms with Gasteiger partial charge in [0.15, 0.2) is 5.78 Å². The maximum absolute atomic E-state index is 12.8. The van der Waals surface area contributed by atoms with Crippen LogP contribution in [-0.4, -0.2) is 32.6 Å². The van der Waals surface area contributed by atoms with Gasteiger partial charge in [0.05, 0.1) is 32.0 Å². The van der Waals surface area contributed by atoms with Gasteiger partial charge in [0.25, 0.3) is 0 Å². The Kier molecular flexibility index (Phi) is 7.74. The number of methoxy groups -OCH3 is 2. The molecule has 0 amide bonds. The molecule has 8 heteroatoms. The van der Waals surface area contributed by atoms with Crippen molar-refractivity contribution in [3.05, 3.63) is 50.2 Å². The lowest BCUT2D eigenvalue weighted by Crippen LogP contribution is -2.05. The van der Waals surface area contributed by atoms with Crippen LogP contribution < -0.4 is 9.47 Å². The molecule has 0 fully saturated rings. The van der Waals surface area contributed by atoms with Crippen molar-refractivity contribution in [1.82, 2.24) is 0 Å². The summed E-state index contributed by atoms with van der Waals surface area (Å²) in [4.78, 5) is 25.6. The normalized spacial score (nSPS) is 10.7. The maximum atomic E-state index is 12.8. The number of nitriles is 2. The third-order valence-electron chi connectivity index (χ3n) is 4.27. The van der Waals surface area contributed by atoms with Gasteiger partial charge in [-0.3, -0.25) is 4.79 Å². The van der Waals surface area contributed by atoms with Gasteiger partial charge in [0, 0.05) is 16.9 Å². The molecule has 0 spiro atoms. The minimum absolute atomic E-state index is 0.103. The molecule has 154 valence electrons. The Morgan fingerprint density at radius 3 is 2.50 bits per heavy atom. The van der Waals surface area contributed by atoms with E-state index in [2.05, 4.69) is 0 Å². The number of nitrogens with zero attached hydrogens (tertiary/aromatic N) is 2. The van der Waals surface area contributed by atoms with Crippen LogP contribution in [0.3, 0.4) is 0 Å². The highest BCUT2D eigenvalue weighted by Crippen LogP contribution is 2.30. The molecule has 0 saturated heterocycles. The number of Topliss-reactive ketones (excluding diaryl/α,β-unsaturated/α-hetero) is 1. The fraction of sp³-hybridized carbons (Fsp3) is 0.273. The second-order valence-electron chi connectivity index (χ2n) is 6.06. The topological polar surface area (TPSA) is 109 Å². The molecule has 0 N–H and O–H groups in total. The first-order valence-corrected chi connectivity index (χ1v) is 9.78. The number of hydrogen-bond donors (Lipinski definition) is 0. The van der Waals surface area contributed by atoms with E-state index in [0.29, 0.717) is 27.5 Å². The van der Waals surface area contributed by atoms with Gasteiger partial charge in [-0.05, 0) is 43.7 Å².